The molecule has 1 unspecified atom stereocenters. The first-order valence-corrected chi connectivity index (χ1v) is 13.6. The zero-order valence-corrected chi connectivity index (χ0v) is 23.9. The van der Waals surface area contributed by atoms with Crippen molar-refractivity contribution in [3.05, 3.63) is 40.6 Å². The molecular formula is C28H44N4O8. The van der Waals surface area contributed by atoms with Gasteiger partial charge >= 0.3 is 0 Å². The molecule has 2 heterocycles. The summed E-state index contributed by atoms with van der Waals surface area (Å²) in [4.78, 5) is 11.2. The summed E-state index contributed by atoms with van der Waals surface area (Å²) in [5, 5.41) is 50.7. The van der Waals surface area contributed by atoms with Crippen molar-refractivity contribution in [3.8, 4) is 11.6 Å². The van der Waals surface area contributed by atoms with Crippen LogP contribution in [0.1, 0.15) is 68.8 Å². The number of aliphatic hydroxyl groups is 4. The van der Waals surface area contributed by atoms with Crippen LogP contribution >= 0.6 is 0 Å². The number of hydrogen-bond donors (Lipinski definition) is 7. The highest BCUT2D eigenvalue weighted by atomic mass is 16.7. The minimum atomic E-state index is -1.55. The fraction of sp³-hybridized carbons (Fsp3) is 0.643. The number of amides is 1. The molecule has 0 saturated carbocycles. The van der Waals surface area contributed by atoms with Gasteiger partial charge in [0.05, 0.1) is 13.2 Å². The molecule has 1 amide bonds. The fourth-order valence-corrected chi connectivity index (χ4v) is 4.72. The second-order valence-corrected chi connectivity index (χ2v) is 11.3. The van der Waals surface area contributed by atoms with E-state index in [9.17, 15) is 25.2 Å². The molecule has 224 valence electrons. The number of rotatable bonds is 14. The van der Waals surface area contributed by atoms with Gasteiger partial charge in [-0.1, -0.05) is 19.9 Å². The number of nitrogens with one attached hydrogen (secondary N) is 2. The van der Waals surface area contributed by atoms with Gasteiger partial charge in [0.2, 0.25) is 18.1 Å². The number of benzene rings is 1. The van der Waals surface area contributed by atoms with Crippen LogP contribution in [-0.2, 0) is 16.0 Å². The third-order valence-electron chi connectivity index (χ3n) is 7.01. The van der Waals surface area contributed by atoms with Crippen molar-refractivity contribution in [2.75, 3.05) is 19.8 Å². The smallest absolute Gasteiger partial charge is 0.238 e. The number of carbonyl (C=O) groups is 1. The van der Waals surface area contributed by atoms with E-state index in [2.05, 4.69) is 15.5 Å². The lowest BCUT2D eigenvalue weighted by atomic mass is 9.96. The van der Waals surface area contributed by atoms with Crippen LogP contribution in [0, 0.1) is 6.92 Å². The summed E-state index contributed by atoms with van der Waals surface area (Å²) >= 11 is 0. The Hall–Kier alpha value is -2.74. The van der Waals surface area contributed by atoms with Gasteiger partial charge in [0.1, 0.15) is 30.2 Å². The van der Waals surface area contributed by atoms with Crippen LogP contribution in [0.2, 0.25) is 0 Å². The van der Waals surface area contributed by atoms with E-state index in [-0.39, 0.29) is 29.7 Å². The number of aromatic nitrogens is 2. The van der Waals surface area contributed by atoms with Gasteiger partial charge in [0.15, 0.2) is 0 Å². The van der Waals surface area contributed by atoms with Gasteiger partial charge in [-0.3, -0.25) is 9.89 Å². The molecule has 12 heteroatoms. The highest BCUT2D eigenvalue weighted by Gasteiger charge is 2.45. The molecule has 0 radical (unpaired) electrons. The van der Waals surface area contributed by atoms with E-state index in [1.807, 2.05) is 52.8 Å². The van der Waals surface area contributed by atoms with Crippen LogP contribution < -0.4 is 20.5 Å². The first-order valence-electron chi connectivity index (χ1n) is 13.6. The second-order valence-electron chi connectivity index (χ2n) is 11.3. The van der Waals surface area contributed by atoms with E-state index in [1.54, 1.807) is 0 Å². The van der Waals surface area contributed by atoms with Crippen molar-refractivity contribution < 1.29 is 39.4 Å². The van der Waals surface area contributed by atoms with Gasteiger partial charge < -0.3 is 45.7 Å². The first kappa shape index (κ1) is 31.8. The maximum atomic E-state index is 11.2. The summed E-state index contributed by atoms with van der Waals surface area (Å²) < 4.78 is 17.3. The van der Waals surface area contributed by atoms with Crippen molar-refractivity contribution in [3.63, 3.8) is 0 Å². The third kappa shape index (κ3) is 8.15. The Bertz CT molecular complexity index is 1120. The van der Waals surface area contributed by atoms with Gasteiger partial charge in [-0.25, -0.2) is 0 Å². The zero-order chi connectivity index (χ0) is 29.6. The topological polar surface area (TPSA) is 192 Å². The number of primary amides is 1. The number of aromatic amines is 1. The van der Waals surface area contributed by atoms with Crippen LogP contribution in [0.4, 0.5) is 0 Å². The van der Waals surface area contributed by atoms with E-state index in [0.29, 0.717) is 19.6 Å². The number of hydrogen-bond acceptors (Lipinski definition) is 10. The number of aryl methyl sites for hydroxylation is 1. The monoisotopic (exact) mass is 564 g/mol. The lowest BCUT2D eigenvalue weighted by Gasteiger charge is -2.39. The Morgan fingerprint density at radius 3 is 2.58 bits per heavy atom. The Kier molecular flexibility index (Phi) is 10.9. The molecule has 1 fully saturated rings. The van der Waals surface area contributed by atoms with E-state index >= 15 is 0 Å². The minimum Gasteiger partial charge on any atom is -0.494 e. The molecule has 1 aliphatic rings. The Morgan fingerprint density at radius 2 is 1.95 bits per heavy atom. The number of nitrogens with two attached hydrogens (primary N) is 1. The molecule has 1 aromatic heterocycles. The highest BCUT2D eigenvalue weighted by Crippen LogP contribution is 2.32. The normalized spacial score (nSPS) is 23.4. The number of ether oxygens (including phenoxy) is 3. The van der Waals surface area contributed by atoms with Gasteiger partial charge in [-0.05, 0) is 62.9 Å². The predicted octanol–water partition coefficient (Wildman–Crippen LogP) is 0.624. The molecule has 1 aromatic carbocycles. The van der Waals surface area contributed by atoms with E-state index < -0.39 is 37.3 Å². The maximum Gasteiger partial charge on any atom is 0.238 e. The molecule has 40 heavy (non-hydrogen) atoms. The Labute approximate surface area is 234 Å². The fourth-order valence-electron chi connectivity index (χ4n) is 4.72. The SMILES string of the molecule is Cc1cc(OCCCNC(C)(C)CC(N)=O)ccc1Cc1c(OC2O[C@H](CO)[C@H](O)[C@H](O)[C@H]2O)n[nH]c1C(C)C. The van der Waals surface area contributed by atoms with Crippen molar-refractivity contribution >= 4 is 5.91 Å². The van der Waals surface area contributed by atoms with Gasteiger partial charge in [0.25, 0.3) is 0 Å². The molecular weight excluding hydrogens is 520 g/mol. The molecule has 2 aromatic rings. The van der Waals surface area contributed by atoms with E-state index in [1.165, 1.54) is 0 Å². The largest absolute Gasteiger partial charge is 0.494 e. The van der Waals surface area contributed by atoms with Gasteiger partial charge in [-0.2, -0.15) is 0 Å². The van der Waals surface area contributed by atoms with Crippen molar-refractivity contribution in [2.24, 2.45) is 5.73 Å². The van der Waals surface area contributed by atoms with Crippen molar-refractivity contribution in [1.82, 2.24) is 15.5 Å². The molecule has 0 bridgehead atoms. The van der Waals surface area contributed by atoms with Crippen LogP contribution in [-0.4, -0.2) is 92.5 Å². The standard InChI is InChI=1S/C28H44N4O8/c1-15(2)22-19(26(32-31-22)40-27-25(37)24(36)23(35)20(14-33)39-27)12-17-7-8-18(11-16(17)3)38-10-6-9-30-28(4,5)13-21(29)34/h7-8,11,15,20,23-25,27,30,33,35-37H,6,9-10,12-14H2,1-5H3,(H2,29,34)(H,31,32)/t20-,23+,24+,25-,27?/m1/s1. The van der Waals surface area contributed by atoms with E-state index in [4.69, 9.17) is 19.9 Å². The molecule has 0 aliphatic carbocycles. The average Bonchev–Trinajstić information content (AvgIpc) is 3.27. The van der Waals surface area contributed by atoms with Crippen LogP contribution in [0.5, 0.6) is 11.6 Å². The number of aliphatic hydroxyl groups excluding tert-OH is 4. The summed E-state index contributed by atoms with van der Waals surface area (Å²) in [6.45, 7) is 10.5. The quantitative estimate of drug-likeness (QED) is 0.160. The zero-order valence-electron chi connectivity index (χ0n) is 23.9. The minimum absolute atomic E-state index is 0.0964. The molecule has 1 aliphatic heterocycles. The van der Waals surface area contributed by atoms with Crippen LogP contribution in [0.3, 0.4) is 0 Å². The average molecular weight is 565 g/mol. The summed E-state index contributed by atoms with van der Waals surface area (Å²) in [7, 11) is 0. The third-order valence-corrected chi connectivity index (χ3v) is 7.01. The van der Waals surface area contributed by atoms with Crippen molar-refractivity contribution in [1.29, 1.82) is 0 Å². The summed E-state index contributed by atoms with van der Waals surface area (Å²) in [5.41, 5.74) is 8.58. The summed E-state index contributed by atoms with van der Waals surface area (Å²) in [6.07, 6.45) is -5.47. The number of H-pyrrole nitrogens is 1. The molecule has 1 saturated heterocycles. The van der Waals surface area contributed by atoms with E-state index in [0.717, 1.165) is 34.6 Å². The molecule has 3 rings (SSSR count). The molecule has 12 nitrogen and oxygen atoms in total. The molecule has 8 N–H and O–H groups in total. The number of nitrogens with zero attached hydrogens (tertiary/aromatic N) is 1. The predicted molar refractivity (Wildman–Crippen MR) is 147 cm³/mol. The lowest BCUT2D eigenvalue weighted by molar-refractivity contribution is -0.278. The summed E-state index contributed by atoms with van der Waals surface area (Å²) in [6, 6.07) is 5.85. The molecule has 5 atom stereocenters. The number of carbonyl (C=O) groups excluding carboxylic acids is 1. The Morgan fingerprint density at radius 1 is 1.23 bits per heavy atom. The second kappa shape index (κ2) is 13.7. The maximum absolute atomic E-state index is 11.2. The van der Waals surface area contributed by atoms with Crippen LogP contribution in [0.15, 0.2) is 18.2 Å². The Balaban J connectivity index is 1.65. The van der Waals surface area contributed by atoms with Crippen molar-refractivity contribution in [2.45, 2.75) is 96.0 Å². The van der Waals surface area contributed by atoms with Gasteiger partial charge in [-0.15, -0.1) is 5.10 Å². The molecule has 0 spiro atoms. The first-order chi connectivity index (χ1) is 18.8. The van der Waals surface area contributed by atoms with Crippen LogP contribution in [0.25, 0.3) is 0 Å². The lowest BCUT2D eigenvalue weighted by Crippen LogP contribution is -2.60. The highest BCUT2D eigenvalue weighted by molar-refractivity contribution is 5.75. The summed E-state index contributed by atoms with van der Waals surface area (Å²) in [5.74, 6) is 0.707. The van der Waals surface area contributed by atoms with Gasteiger partial charge in [0, 0.05) is 29.6 Å².